The highest BCUT2D eigenvalue weighted by Crippen LogP contribution is 2.23. The molecule has 376 valence electrons. The molecule has 9 nitrogen and oxygen atoms in total. The Morgan fingerprint density at radius 1 is 0.531 bits per heavy atom. The van der Waals surface area contributed by atoms with E-state index in [0.29, 0.717) is 6.42 Å². The lowest BCUT2D eigenvalue weighted by atomic mass is 9.99. The molecular formula is C55H103NO8. The topological polar surface area (TPSA) is 149 Å². The first-order chi connectivity index (χ1) is 31.3. The summed E-state index contributed by atoms with van der Waals surface area (Å²) in [6, 6.07) is -0.798. The summed E-state index contributed by atoms with van der Waals surface area (Å²) < 4.78 is 11.1. The van der Waals surface area contributed by atoms with Gasteiger partial charge in [-0.15, -0.1) is 0 Å². The Morgan fingerprint density at radius 3 is 1.38 bits per heavy atom. The van der Waals surface area contributed by atoms with Gasteiger partial charge in [-0.3, -0.25) is 4.79 Å². The number of allylic oxidation sites excluding steroid dienone is 5. The third-order valence-electron chi connectivity index (χ3n) is 13.0. The van der Waals surface area contributed by atoms with Gasteiger partial charge < -0.3 is 40.3 Å². The molecule has 0 aromatic heterocycles. The second kappa shape index (κ2) is 45.2. The van der Waals surface area contributed by atoms with Crippen molar-refractivity contribution in [1.82, 2.24) is 5.32 Å². The molecule has 0 aliphatic carbocycles. The monoisotopic (exact) mass is 906 g/mol. The van der Waals surface area contributed by atoms with Crippen molar-refractivity contribution in [2.24, 2.45) is 0 Å². The van der Waals surface area contributed by atoms with E-state index < -0.39 is 49.5 Å². The van der Waals surface area contributed by atoms with Gasteiger partial charge in [0.05, 0.1) is 25.4 Å². The smallest absolute Gasteiger partial charge is 0.220 e. The molecule has 7 atom stereocenters. The number of rotatable bonds is 46. The fourth-order valence-electron chi connectivity index (χ4n) is 8.59. The SMILES string of the molecule is CCCC/C=C/C(O)C(COC1OC(CO)C(O)C(O)C1O)NC(=O)CCCCCCCCCCCCCCCCCCCCCCCCCCC/C=C\C/C=C\CCCCCCC. The van der Waals surface area contributed by atoms with Gasteiger partial charge >= 0.3 is 0 Å². The minimum Gasteiger partial charge on any atom is -0.394 e. The van der Waals surface area contributed by atoms with Gasteiger partial charge in [0.25, 0.3) is 0 Å². The Bertz CT molecular complexity index is 1100. The summed E-state index contributed by atoms with van der Waals surface area (Å²) in [5.74, 6) is -0.183. The third-order valence-corrected chi connectivity index (χ3v) is 13.0. The lowest BCUT2D eigenvalue weighted by Crippen LogP contribution is -2.60. The molecule has 9 heteroatoms. The van der Waals surface area contributed by atoms with Crippen molar-refractivity contribution < 1.29 is 39.8 Å². The summed E-state index contributed by atoms with van der Waals surface area (Å²) in [4.78, 5) is 12.8. The van der Waals surface area contributed by atoms with Crippen molar-refractivity contribution in [3.05, 3.63) is 36.5 Å². The van der Waals surface area contributed by atoms with E-state index in [9.17, 15) is 30.3 Å². The number of carbonyl (C=O) groups excluding carboxylic acids is 1. The second-order valence-electron chi connectivity index (χ2n) is 19.0. The van der Waals surface area contributed by atoms with E-state index in [-0.39, 0.29) is 12.5 Å². The minimum absolute atomic E-state index is 0.183. The van der Waals surface area contributed by atoms with Crippen LogP contribution in [0.15, 0.2) is 36.5 Å². The van der Waals surface area contributed by atoms with E-state index in [1.165, 1.54) is 186 Å². The van der Waals surface area contributed by atoms with E-state index in [4.69, 9.17) is 9.47 Å². The number of nitrogens with one attached hydrogen (secondary N) is 1. The van der Waals surface area contributed by atoms with Crippen molar-refractivity contribution in [2.75, 3.05) is 13.2 Å². The van der Waals surface area contributed by atoms with Gasteiger partial charge in [-0.05, 0) is 44.9 Å². The first-order valence-corrected chi connectivity index (χ1v) is 27.2. The summed E-state index contributed by atoms with van der Waals surface area (Å²) in [7, 11) is 0. The van der Waals surface area contributed by atoms with Crippen LogP contribution >= 0.6 is 0 Å². The molecule has 64 heavy (non-hydrogen) atoms. The zero-order chi connectivity index (χ0) is 46.6. The zero-order valence-corrected chi connectivity index (χ0v) is 41.5. The molecule has 1 rings (SSSR count). The number of ether oxygens (including phenoxy) is 2. The number of hydrogen-bond acceptors (Lipinski definition) is 8. The molecule has 0 radical (unpaired) electrons. The van der Waals surface area contributed by atoms with Crippen LogP contribution in [0, 0.1) is 0 Å². The average molecular weight is 906 g/mol. The van der Waals surface area contributed by atoms with Crippen LogP contribution in [0.1, 0.15) is 251 Å². The average Bonchev–Trinajstić information content (AvgIpc) is 3.29. The first-order valence-electron chi connectivity index (χ1n) is 27.2. The fourth-order valence-corrected chi connectivity index (χ4v) is 8.59. The summed E-state index contributed by atoms with van der Waals surface area (Å²) in [5, 5.41) is 53.6. The van der Waals surface area contributed by atoms with E-state index >= 15 is 0 Å². The molecule has 1 aliphatic rings. The van der Waals surface area contributed by atoms with Gasteiger partial charge in [0, 0.05) is 6.42 Å². The molecular weight excluding hydrogens is 803 g/mol. The molecule has 6 N–H and O–H groups in total. The largest absolute Gasteiger partial charge is 0.394 e. The van der Waals surface area contributed by atoms with Gasteiger partial charge in [0.15, 0.2) is 6.29 Å². The highest BCUT2D eigenvalue weighted by atomic mass is 16.7. The lowest BCUT2D eigenvalue weighted by molar-refractivity contribution is -0.302. The number of aliphatic hydroxyl groups excluding tert-OH is 5. The summed E-state index contributed by atoms with van der Waals surface area (Å²) >= 11 is 0. The highest BCUT2D eigenvalue weighted by Gasteiger charge is 2.44. The van der Waals surface area contributed by atoms with Crippen LogP contribution in [-0.2, 0) is 14.3 Å². The maximum Gasteiger partial charge on any atom is 0.220 e. The molecule has 0 saturated carbocycles. The molecule has 0 aromatic carbocycles. The summed E-state index contributed by atoms with van der Waals surface area (Å²) in [5.41, 5.74) is 0. The zero-order valence-electron chi connectivity index (χ0n) is 41.5. The van der Waals surface area contributed by atoms with E-state index in [1.807, 2.05) is 6.08 Å². The van der Waals surface area contributed by atoms with Crippen molar-refractivity contribution in [3.63, 3.8) is 0 Å². The van der Waals surface area contributed by atoms with Crippen molar-refractivity contribution >= 4 is 5.91 Å². The van der Waals surface area contributed by atoms with E-state index in [2.05, 4.69) is 43.5 Å². The van der Waals surface area contributed by atoms with Crippen molar-refractivity contribution in [3.8, 4) is 0 Å². The maximum atomic E-state index is 12.8. The van der Waals surface area contributed by atoms with E-state index in [1.54, 1.807) is 6.08 Å². The summed E-state index contributed by atoms with van der Waals surface area (Å²) in [6.45, 7) is 3.62. The number of aliphatic hydroxyl groups is 5. The number of amides is 1. The Kier molecular flexibility index (Phi) is 42.7. The number of carbonyl (C=O) groups is 1. The van der Waals surface area contributed by atoms with Crippen LogP contribution in [0.3, 0.4) is 0 Å². The quantitative estimate of drug-likeness (QED) is 0.0261. The Balaban J connectivity index is 1.92. The predicted octanol–water partition coefficient (Wildman–Crippen LogP) is 12.8. The molecule has 1 fully saturated rings. The Morgan fingerprint density at radius 2 is 0.938 bits per heavy atom. The van der Waals surface area contributed by atoms with Crippen molar-refractivity contribution in [2.45, 2.75) is 294 Å². The van der Waals surface area contributed by atoms with Gasteiger partial charge in [-0.1, -0.05) is 237 Å². The normalized spacial score (nSPS) is 20.3. The molecule has 1 aliphatic heterocycles. The second-order valence-corrected chi connectivity index (χ2v) is 19.0. The first kappa shape index (κ1) is 60.4. The number of unbranched alkanes of at least 4 members (excludes halogenated alkanes) is 32. The van der Waals surface area contributed by atoms with Gasteiger partial charge in [0.1, 0.15) is 24.4 Å². The lowest BCUT2D eigenvalue weighted by Gasteiger charge is -2.40. The molecule has 1 saturated heterocycles. The van der Waals surface area contributed by atoms with Crippen LogP contribution in [-0.4, -0.2) is 87.5 Å². The Hall–Kier alpha value is -1.59. The standard InChI is InChI=1S/C55H103NO8/c1-3-5-7-9-10-11-12-13-14-15-16-17-18-19-20-21-22-23-24-25-26-27-28-29-30-31-32-33-34-35-36-37-38-39-40-41-43-45-51(59)56-48(49(58)44-42-8-6-4-2)47-63-55-54(62)53(61)52(60)50(46-57)64-55/h12-13,15-16,42,44,48-50,52-55,57-58,60-62H,3-11,14,17-41,43,45-47H2,1-2H3,(H,56,59)/b13-12-,16-15-,44-42+. The van der Waals surface area contributed by atoms with Crippen LogP contribution in [0.5, 0.6) is 0 Å². The number of hydrogen-bond donors (Lipinski definition) is 6. The Labute approximate surface area is 393 Å². The van der Waals surface area contributed by atoms with Crippen molar-refractivity contribution in [1.29, 1.82) is 0 Å². The van der Waals surface area contributed by atoms with Crippen LogP contribution < -0.4 is 5.32 Å². The van der Waals surface area contributed by atoms with Crippen LogP contribution in [0.2, 0.25) is 0 Å². The molecule has 7 unspecified atom stereocenters. The van der Waals surface area contributed by atoms with Gasteiger partial charge in [0.2, 0.25) is 5.91 Å². The third kappa shape index (κ3) is 34.7. The predicted molar refractivity (Wildman–Crippen MR) is 267 cm³/mol. The minimum atomic E-state index is -1.56. The van der Waals surface area contributed by atoms with Gasteiger partial charge in [-0.2, -0.15) is 0 Å². The molecule has 1 amide bonds. The summed E-state index contributed by atoms with van der Waals surface area (Å²) in [6.07, 6.45) is 51.8. The molecule has 0 aromatic rings. The molecule has 0 bridgehead atoms. The van der Waals surface area contributed by atoms with Crippen LogP contribution in [0.4, 0.5) is 0 Å². The van der Waals surface area contributed by atoms with Gasteiger partial charge in [-0.25, -0.2) is 0 Å². The fraction of sp³-hybridized carbons (Fsp3) is 0.873. The van der Waals surface area contributed by atoms with E-state index in [0.717, 1.165) is 44.9 Å². The van der Waals surface area contributed by atoms with Crippen LogP contribution in [0.25, 0.3) is 0 Å². The maximum absolute atomic E-state index is 12.8. The molecule has 1 heterocycles. The highest BCUT2D eigenvalue weighted by molar-refractivity contribution is 5.76. The molecule has 0 spiro atoms.